The fourth-order valence-electron chi connectivity index (χ4n) is 2.27. The number of imidazole rings is 1. The van der Waals surface area contributed by atoms with E-state index >= 15 is 0 Å². The van der Waals surface area contributed by atoms with E-state index in [1.165, 1.54) is 5.56 Å². The van der Waals surface area contributed by atoms with E-state index in [0.717, 1.165) is 22.6 Å². The van der Waals surface area contributed by atoms with Gasteiger partial charge in [-0.2, -0.15) is 0 Å². The Morgan fingerprint density at radius 1 is 1.10 bits per heavy atom. The van der Waals surface area contributed by atoms with Crippen molar-refractivity contribution >= 4 is 17.2 Å². The minimum Gasteiger partial charge on any atom is -0.322 e. The van der Waals surface area contributed by atoms with E-state index in [2.05, 4.69) is 17.2 Å². The lowest BCUT2D eigenvalue weighted by Gasteiger charge is -2.08. The molecule has 4 nitrogen and oxygen atoms in total. The van der Waals surface area contributed by atoms with Gasteiger partial charge in [0.1, 0.15) is 5.65 Å². The molecule has 0 saturated carbocycles. The number of carbonyl (C=O) groups is 1. The van der Waals surface area contributed by atoms with Gasteiger partial charge in [0.05, 0.1) is 5.69 Å². The molecule has 3 aromatic rings. The molecule has 0 fully saturated rings. The molecule has 0 bridgehead atoms. The number of benzene rings is 1. The van der Waals surface area contributed by atoms with E-state index in [0.29, 0.717) is 5.56 Å². The van der Waals surface area contributed by atoms with Crippen molar-refractivity contribution in [3.63, 3.8) is 0 Å². The number of nitrogens with zero attached hydrogens (tertiary/aromatic N) is 2. The molecule has 1 aromatic carbocycles. The first-order chi connectivity index (χ1) is 10.0. The van der Waals surface area contributed by atoms with Gasteiger partial charge >= 0.3 is 0 Å². The van der Waals surface area contributed by atoms with E-state index in [1.807, 2.05) is 48.8 Å². The third-order valence-corrected chi connectivity index (χ3v) is 3.61. The van der Waals surface area contributed by atoms with Crippen LogP contribution >= 0.6 is 0 Å². The summed E-state index contributed by atoms with van der Waals surface area (Å²) in [5.74, 6) is -0.124. The maximum absolute atomic E-state index is 12.3. The molecule has 0 aliphatic rings. The fraction of sp³-hybridized carbons (Fsp3) is 0.176. The summed E-state index contributed by atoms with van der Waals surface area (Å²) in [6, 6.07) is 9.49. The summed E-state index contributed by atoms with van der Waals surface area (Å²) < 4.78 is 1.90. The fourth-order valence-corrected chi connectivity index (χ4v) is 2.27. The predicted octanol–water partition coefficient (Wildman–Crippen LogP) is 3.51. The number of hydrogen-bond acceptors (Lipinski definition) is 2. The van der Waals surface area contributed by atoms with Gasteiger partial charge in [-0.1, -0.05) is 6.07 Å². The van der Waals surface area contributed by atoms with Crippen LogP contribution in [0, 0.1) is 20.8 Å². The van der Waals surface area contributed by atoms with Gasteiger partial charge in [0.15, 0.2) is 0 Å². The van der Waals surface area contributed by atoms with Crippen LogP contribution in [-0.2, 0) is 0 Å². The van der Waals surface area contributed by atoms with Crippen LogP contribution in [-0.4, -0.2) is 15.3 Å². The first kappa shape index (κ1) is 13.4. The van der Waals surface area contributed by atoms with Crippen molar-refractivity contribution in [3.05, 3.63) is 65.1 Å². The number of fused-ring (bicyclic) bond motifs is 1. The molecule has 3 rings (SSSR count). The number of aryl methyl sites for hydroxylation is 3. The van der Waals surface area contributed by atoms with Gasteiger partial charge in [-0.05, 0) is 56.2 Å². The van der Waals surface area contributed by atoms with Crippen LogP contribution in [0.1, 0.15) is 27.2 Å². The summed E-state index contributed by atoms with van der Waals surface area (Å²) in [4.78, 5) is 16.7. The molecule has 1 N–H and O–H groups in total. The van der Waals surface area contributed by atoms with Crippen LogP contribution in [0.3, 0.4) is 0 Å². The van der Waals surface area contributed by atoms with Crippen LogP contribution in [0.25, 0.3) is 5.65 Å². The smallest absolute Gasteiger partial charge is 0.255 e. The van der Waals surface area contributed by atoms with Gasteiger partial charge in [0, 0.05) is 23.6 Å². The van der Waals surface area contributed by atoms with Crippen LogP contribution < -0.4 is 5.32 Å². The topological polar surface area (TPSA) is 46.4 Å². The highest BCUT2D eigenvalue weighted by Gasteiger charge is 2.08. The number of aromatic nitrogens is 2. The standard InChI is InChI=1S/C17H17N3O/c1-11-4-5-15(8-12(11)2)19-17(21)14-6-7-20-10-13(3)18-16(20)9-14/h4-10H,1-3H3,(H,19,21). The zero-order valence-corrected chi connectivity index (χ0v) is 12.3. The molecular formula is C17H17N3O. The maximum atomic E-state index is 12.3. The molecule has 0 aliphatic carbocycles. The largest absolute Gasteiger partial charge is 0.322 e. The van der Waals surface area contributed by atoms with Gasteiger partial charge in [0.2, 0.25) is 0 Å². The second-order valence-electron chi connectivity index (χ2n) is 5.32. The lowest BCUT2D eigenvalue weighted by atomic mass is 10.1. The number of amides is 1. The van der Waals surface area contributed by atoms with Gasteiger partial charge in [-0.15, -0.1) is 0 Å². The molecule has 0 aliphatic heterocycles. The molecule has 0 unspecified atom stereocenters. The molecule has 0 radical (unpaired) electrons. The summed E-state index contributed by atoms with van der Waals surface area (Å²) in [6.45, 7) is 6.02. The molecule has 106 valence electrons. The Balaban J connectivity index is 1.87. The highest BCUT2D eigenvalue weighted by Crippen LogP contribution is 2.16. The summed E-state index contributed by atoms with van der Waals surface area (Å²) in [5, 5.41) is 2.92. The second-order valence-corrected chi connectivity index (χ2v) is 5.32. The van der Waals surface area contributed by atoms with E-state index in [-0.39, 0.29) is 5.91 Å². The van der Waals surface area contributed by atoms with Crippen molar-refractivity contribution in [1.82, 2.24) is 9.38 Å². The van der Waals surface area contributed by atoms with Gasteiger partial charge in [-0.25, -0.2) is 4.98 Å². The molecule has 4 heteroatoms. The Morgan fingerprint density at radius 3 is 2.67 bits per heavy atom. The quantitative estimate of drug-likeness (QED) is 0.780. The number of nitrogens with one attached hydrogen (secondary N) is 1. The van der Waals surface area contributed by atoms with Crippen LogP contribution in [0.5, 0.6) is 0 Å². The Labute approximate surface area is 123 Å². The van der Waals surface area contributed by atoms with E-state index in [1.54, 1.807) is 12.1 Å². The second kappa shape index (κ2) is 5.05. The van der Waals surface area contributed by atoms with Crippen molar-refractivity contribution in [2.24, 2.45) is 0 Å². The van der Waals surface area contributed by atoms with Crippen molar-refractivity contribution in [2.45, 2.75) is 20.8 Å². The summed E-state index contributed by atoms with van der Waals surface area (Å²) in [7, 11) is 0. The van der Waals surface area contributed by atoms with Crippen molar-refractivity contribution in [1.29, 1.82) is 0 Å². The summed E-state index contributed by atoms with van der Waals surface area (Å²) in [5.41, 5.74) is 5.49. The van der Waals surface area contributed by atoms with Crippen molar-refractivity contribution in [3.8, 4) is 0 Å². The van der Waals surface area contributed by atoms with Gasteiger partial charge in [0.25, 0.3) is 5.91 Å². The van der Waals surface area contributed by atoms with E-state index < -0.39 is 0 Å². The average Bonchev–Trinajstić information content (AvgIpc) is 2.82. The number of carbonyl (C=O) groups excluding carboxylic acids is 1. The highest BCUT2D eigenvalue weighted by molar-refractivity contribution is 6.04. The first-order valence-corrected chi connectivity index (χ1v) is 6.87. The van der Waals surface area contributed by atoms with Crippen LogP contribution in [0.2, 0.25) is 0 Å². The normalized spacial score (nSPS) is 10.8. The molecule has 0 spiro atoms. The maximum Gasteiger partial charge on any atom is 0.255 e. The third-order valence-electron chi connectivity index (χ3n) is 3.61. The molecule has 2 heterocycles. The zero-order valence-electron chi connectivity index (χ0n) is 12.3. The Morgan fingerprint density at radius 2 is 1.90 bits per heavy atom. The molecule has 0 atom stereocenters. The predicted molar refractivity (Wildman–Crippen MR) is 83.8 cm³/mol. The van der Waals surface area contributed by atoms with Gasteiger partial charge in [-0.3, -0.25) is 4.79 Å². The Bertz CT molecular complexity index is 833. The lowest BCUT2D eigenvalue weighted by Crippen LogP contribution is -2.12. The SMILES string of the molecule is Cc1cn2ccc(C(=O)Nc3ccc(C)c(C)c3)cc2n1. The first-order valence-electron chi connectivity index (χ1n) is 6.87. The lowest BCUT2D eigenvalue weighted by molar-refractivity contribution is 0.102. The third kappa shape index (κ3) is 2.65. The number of pyridine rings is 1. The molecule has 1 amide bonds. The van der Waals surface area contributed by atoms with Crippen LogP contribution in [0.4, 0.5) is 5.69 Å². The molecule has 2 aromatic heterocycles. The van der Waals surface area contributed by atoms with E-state index in [9.17, 15) is 4.79 Å². The van der Waals surface area contributed by atoms with Crippen LogP contribution in [0.15, 0.2) is 42.7 Å². The molecular weight excluding hydrogens is 262 g/mol. The minimum absolute atomic E-state index is 0.124. The number of anilines is 1. The van der Waals surface area contributed by atoms with E-state index in [4.69, 9.17) is 0 Å². The van der Waals surface area contributed by atoms with Crippen molar-refractivity contribution < 1.29 is 4.79 Å². The number of hydrogen-bond donors (Lipinski definition) is 1. The zero-order chi connectivity index (χ0) is 15.0. The summed E-state index contributed by atoms with van der Waals surface area (Å²) in [6.07, 6.45) is 3.78. The minimum atomic E-state index is -0.124. The molecule has 21 heavy (non-hydrogen) atoms. The Hall–Kier alpha value is -2.62. The van der Waals surface area contributed by atoms with Gasteiger partial charge < -0.3 is 9.72 Å². The number of rotatable bonds is 2. The Kier molecular flexibility index (Phi) is 3.22. The molecule has 0 saturated heterocycles. The monoisotopic (exact) mass is 279 g/mol. The van der Waals surface area contributed by atoms with Crippen molar-refractivity contribution in [2.75, 3.05) is 5.32 Å². The highest BCUT2D eigenvalue weighted by atomic mass is 16.1. The summed E-state index contributed by atoms with van der Waals surface area (Å²) >= 11 is 0. The average molecular weight is 279 g/mol.